The molecule has 3 nitrogen and oxygen atoms in total. The van der Waals surface area contributed by atoms with E-state index >= 15 is 0 Å². The second kappa shape index (κ2) is 5.16. The molecule has 0 aliphatic rings. The van der Waals surface area contributed by atoms with Crippen LogP contribution in [0.15, 0.2) is 54.6 Å². The van der Waals surface area contributed by atoms with Gasteiger partial charge in [0.15, 0.2) is 6.21 Å². The van der Waals surface area contributed by atoms with Gasteiger partial charge in [-0.1, -0.05) is 24.3 Å². The Morgan fingerprint density at radius 1 is 1.06 bits per heavy atom. The molecule has 0 amide bonds. The van der Waals surface area contributed by atoms with Crippen molar-refractivity contribution in [1.82, 2.24) is 0 Å². The molecule has 0 heterocycles. The van der Waals surface area contributed by atoms with Gasteiger partial charge in [-0.25, -0.2) is 0 Å². The Hall–Kier alpha value is -2.29. The van der Waals surface area contributed by atoms with Crippen molar-refractivity contribution in [1.29, 1.82) is 0 Å². The highest BCUT2D eigenvalue weighted by Crippen LogP contribution is 2.18. The third kappa shape index (κ3) is 2.84. The third-order valence-corrected chi connectivity index (χ3v) is 2.37. The number of rotatable bonds is 3. The van der Waals surface area contributed by atoms with E-state index in [1.807, 2.05) is 30.3 Å². The molecule has 0 atom stereocenters. The Bertz CT molecular complexity index is 521. The number of hydrogen-bond donors (Lipinski definition) is 0. The van der Waals surface area contributed by atoms with Crippen LogP contribution in [0.1, 0.15) is 5.56 Å². The lowest BCUT2D eigenvalue weighted by atomic mass is 10.2. The molecule has 0 aliphatic carbocycles. The van der Waals surface area contributed by atoms with Gasteiger partial charge >= 0.3 is 0 Å². The molecule has 0 aromatic heterocycles. The molecule has 0 fully saturated rings. The van der Waals surface area contributed by atoms with E-state index in [2.05, 4.69) is 0 Å². The Morgan fingerprint density at radius 3 is 2.53 bits per heavy atom. The highest BCUT2D eigenvalue weighted by Gasteiger charge is 2.03. The van der Waals surface area contributed by atoms with Crippen molar-refractivity contribution in [2.24, 2.45) is 0 Å². The molecular formula is C14H13NO2. The number of ether oxygens (including phenoxy) is 1. The highest BCUT2D eigenvalue weighted by molar-refractivity contribution is 5.76. The van der Waals surface area contributed by atoms with Crippen molar-refractivity contribution in [3.8, 4) is 5.75 Å². The van der Waals surface area contributed by atoms with Crippen LogP contribution in [0.3, 0.4) is 0 Å². The zero-order chi connectivity index (χ0) is 12.1. The molecule has 3 heteroatoms. The number of nitrogens with zero attached hydrogens (tertiary/aromatic N) is 1. The lowest BCUT2D eigenvalue weighted by molar-refractivity contribution is -0.354. The van der Waals surface area contributed by atoms with Crippen molar-refractivity contribution in [3.63, 3.8) is 0 Å². The molecular weight excluding hydrogens is 214 g/mol. The van der Waals surface area contributed by atoms with E-state index in [0.29, 0.717) is 11.4 Å². The van der Waals surface area contributed by atoms with Crippen LogP contribution in [0.5, 0.6) is 5.75 Å². The monoisotopic (exact) mass is 227 g/mol. The third-order valence-electron chi connectivity index (χ3n) is 2.37. The molecule has 0 unspecified atom stereocenters. The molecule has 17 heavy (non-hydrogen) atoms. The maximum Gasteiger partial charge on any atom is 0.220 e. The van der Waals surface area contributed by atoms with Crippen LogP contribution < -0.4 is 4.74 Å². The largest absolute Gasteiger partial charge is 0.618 e. The van der Waals surface area contributed by atoms with E-state index in [9.17, 15) is 5.21 Å². The Kier molecular flexibility index (Phi) is 3.40. The lowest BCUT2D eigenvalue weighted by Gasteiger charge is -2.04. The average molecular weight is 227 g/mol. The first-order chi connectivity index (χ1) is 8.29. The lowest BCUT2D eigenvalue weighted by Crippen LogP contribution is -1.98. The van der Waals surface area contributed by atoms with Crippen LogP contribution >= 0.6 is 0 Å². The first-order valence-electron chi connectivity index (χ1n) is 5.30. The highest BCUT2D eigenvalue weighted by atomic mass is 16.5. The molecule has 0 spiro atoms. The normalized spacial score (nSPS) is 11.2. The van der Waals surface area contributed by atoms with Gasteiger partial charge in [0.2, 0.25) is 5.69 Å². The maximum absolute atomic E-state index is 11.9. The zero-order valence-electron chi connectivity index (χ0n) is 9.54. The van der Waals surface area contributed by atoms with Gasteiger partial charge in [0.05, 0.1) is 13.2 Å². The Labute approximate surface area is 100 Å². The topological polar surface area (TPSA) is 35.3 Å². The van der Waals surface area contributed by atoms with E-state index in [1.165, 1.54) is 6.21 Å². The van der Waals surface area contributed by atoms with Gasteiger partial charge in [-0.2, -0.15) is 4.74 Å². The fraction of sp³-hybridized carbons (Fsp3) is 0.0714. The summed E-state index contributed by atoms with van der Waals surface area (Å²) >= 11 is 0. The minimum atomic E-state index is 0.549. The van der Waals surface area contributed by atoms with Crippen molar-refractivity contribution in [2.45, 2.75) is 0 Å². The summed E-state index contributed by atoms with van der Waals surface area (Å²) in [5.41, 5.74) is 1.42. The first kappa shape index (κ1) is 11.2. The van der Waals surface area contributed by atoms with Gasteiger partial charge in [-0.15, -0.1) is 0 Å². The van der Waals surface area contributed by atoms with Crippen LogP contribution in [-0.2, 0) is 0 Å². The van der Waals surface area contributed by atoms with E-state index in [-0.39, 0.29) is 0 Å². The molecule has 86 valence electrons. The smallest absolute Gasteiger partial charge is 0.220 e. The summed E-state index contributed by atoms with van der Waals surface area (Å²) in [6.07, 6.45) is 1.54. The zero-order valence-corrected chi connectivity index (χ0v) is 9.54. The standard InChI is InChI=1S/C14H13NO2/c1-17-14-9-5-8-13(10-14)15(16)11-12-6-3-2-4-7-12/h2-11H,1H3. The van der Waals surface area contributed by atoms with E-state index in [0.717, 1.165) is 10.3 Å². The van der Waals surface area contributed by atoms with Crippen LogP contribution in [0, 0.1) is 5.21 Å². The van der Waals surface area contributed by atoms with Crippen LogP contribution in [0.2, 0.25) is 0 Å². The molecule has 0 radical (unpaired) electrons. The fourth-order valence-corrected chi connectivity index (χ4v) is 1.50. The summed E-state index contributed by atoms with van der Waals surface area (Å²) in [5, 5.41) is 11.9. The molecule has 0 bridgehead atoms. The molecule has 0 saturated heterocycles. The summed E-state index contributed by atoms with van der Waals surface area (Å²) < 4.78 is 5.91. The van der Waals surface area contributed by atoms with Gasteiger partial charge in [-0.05, 0) is 18.2 Å². The van der Waals surface area contributed by atoms with Crippen molar-refractivity contribution < 1.29 is 9.48 Å². The predicted octanol–water partition coefficient (Wildman–Crippen LogP) is 2.96. The molecule has 2 aromatic carbocycles. The number of hydrogen-bond acceptors (Lipinski definition) is 2. The van der Waals surface area contributed by atoms with Crippen molar-refractivity contribution >= 4 is 11.9 Å². The Morgan fingerprint density at radius 2 is 1.82 bits per heavy atom. The summed E-state index contributed by atoms with van der Waals surface area (Å²) in [5.74, 6) is 0.671. The summed E-state index contributed by atoms with van der Waals surface area (Å²) in [4.78, 5) is 0. The second-order valence-corrected chi connectivity index (χ2v) is 3.57. The fourth-order valence-electron chi connectivity index (χ4n) is 1.50. The van der Waals surface area contributed by atoms with Gasteiger partial charge in [0.25, 0.3) is 0 Å². The SMILES string of the molecule is COc1cccc([N+]([O-])=Cc2ccccc2)c1. The Balaban J connectivity index is 2.30. The van der Waals surface area contributed by atoms with E-state index in [4.69, 9.17) is 4.74 Å². The van der Waals surface area contributed by atoms with E-state index < -0.39 is 0 Å². The van der Waals surface area contributed by atoms with Crippen molar-refractivity contribution in [2.75, 3.05) is 7.11 Å². The quantitative estimate of drug-likeness (QED) is 0.350. The summed E-state index contributed by atoms with van der Waals surface area (Å²) in [7, 11) is 1.58. The van der Waals surface area contributed by atoms with Crippen LogP contribution in [0.25, 0.3) is 0 Å². The minimum absolute atomic E-state index is 0.549. The van der Waals surface area contributed by atoms with Crippen LogP contribution in [0.4, 0.5) is 5.69 Å². The molecule has 0 N–H and O–H groups in total. The molecule has 2 rings (SSSR count). The van der Waals surface area contributed by atoms with Gasteiger partial charge in [0, 0.05) is 11.6 Å². The predicted molar refractivity (Wildman–Crippen MR) is 67.9 cm³/mol. The number of methoxy groups -OCH3 is 1. The van der Waals surface area contributed by atoms with Gasteiger partial charge in [0.1, 0.15) is 5.75 Å². The molecule has 2 aromatic rings. The van der Waals surface area contributed by atoms with Crippen LogP contribution in [-0.4, -0.2) is 18.1 Å². The maximum atomic E-state index is 11.9. The second-order valence-electron chi connectivity index (χ2n) is 3.57. The number of benzene rings is 2. The van der Waals surface area contributed by atoms with Gasteiger partial charge < -0.3 is 9.94 Å². The first-order valence-corrected chi connectivity index (χ1v) is 5.30. The average Bonchev–Trinajstić information content (AvgIpc) is 2.40. The summed E-state index contributed by atoms with van der Waals surface area (Å²) in [6, 6.07) is 16.5. The van der Waals surface area contributed by atoms with Gasteiger partial charge in [-0.3, -0.25) is 0 Å². The van der Waals surface area contributed by atoms with Crippen molar-refractivity contribution in [3.05, 3.63) is 65.4 Å². The molecule has 0 saturated carbocycles. The molecule has 0 aliphatic heterocycles. The summed E-state index contributed by atoms with van der Waals surface area (Å²) in [6.45, 7) is 0. The minimum Gasteiger partial charge on any atom is -0.618 e. The van der Waals surface area contributed by atoms with E-state index in [1.54, 1.807) is 31.4 Å².